The summed E-state index contributed by atoms with van der Waals surface area (Å²) >= 11 is 0. The van der Waals surface area contributed by atoms with Crippen molar-refractivity contribution < 1.29 is 4.74 Å². The van der Waals surface area contributed by atoms with Crippen molar-refractivity contribution in [2.75, 3.05) is 11.9 Å². The average molecular weight is 316 g/mol. The third kappa shape index (κ3) is 1.88. The first kappa shape index (κ1) is 13.4. The Morgan fingerprint density at radius 2 is 1.96 bits per heavy atom. The Bertz CT molecular complexity index is 956. The maximum atomic E-state index is 6.00. The van der Waals surface area contributed by atoms with Gasteiger partial charge in [-0.05, 0) is 24.6 Å². The smallest absolute Gasteiger partial charge is 0.226 e. The van der Waals surface area contributed by atoms with Crippen LogP contribution in [0.5, 0.6) is 5.75 Å². The SMILES string of the molecule is Cc1ccc([C@H]2C3=C(Nc4ncnn42)c2ccccc2OC3)cc1. The molecule has 1 aromatic heterocycles. The van der Waals surface area contributed by atoms with Gasteiger partial charge in [0.25, 0.3) is 0 Å². The van der Waals surface area contributed by atoms with Gasteiger partial charge < -0.3 is 10.1 Å². The zero-order valence-electron chi connectivity index (χ0n) is 13.2. The highest BCUT2D eigenvalue weighted by atomic mass is 16.5. The van der Waals surface area contributed by atoms with E-state index < -0.39 is 0 Å². The molecule has 0 aliphatic carbocycles. The molecule has 0 amide bonds. The Morgan fingerprint density at radius 3 is 2.83 bits per heavy atom. The molecular formula is C19H16N4O. The highest BCUT2D eigenvalue weighted by Crippen LogP contribution is 2.43. The molecule has 3 aromatic rings. The summed E-state index contributed by atoms with van der Waals surface area (Å²) in [7, 11) is 0. The van der Waals surface area contributed by atoms with Crippen LogP contribution in [0.15, 0.2) is 60.4 Å². The Hall–Kier alpha value is -3.08. The second-order valence-electron chi connectivity index (χ2n) is 6.15. The molecule has 0 saturated carbocycles. The summed E-state index contributed by atoms with van der Waals surface area (Å²) < 4.78 is 7.93. The van der Waals surface area contributed by atoms with E-state index in [4.69, 9.17) is 4.74 Å². The largest absolute Gasteiger partial charge is 0.488 e. The second kappa shape index (κ2) is 4.96. The molecule has 24 heavy (non-hydrogen) atoms. The quantitative estimate of drug-likeness (QED) is 0.747. The van der Waals surface area contributed by atoms with E-state index in [2.05, 4.69) is 52.7 Å². The van der Waals surface area contributed by atoms with Crippen LogP contribution in [0, 0.1) is 6.92 Å². The minimum absolute atomic E-state index is 0.00675. The van der Waals surface area contributed by atoms with Gasteiger partial charge in [0, 0.05) is 11.1 Å². The number of para-hydroxylation sites is 1. The normalized spacial score (nSPS) is 18.1. The number of aryl methyl sites for hydroxylation is 1. The first-order chi connectivity index (χ1) is 11.8. The summed E-state index contributed by atoms with van der Waals surface area (Å²) in [6.45, 7) is 2.63. The number of nitrogens with zero attached hydrogens (tertiary/aromatic N) is 3. The monoisotopic (exact) mass is 316 g/mol. The van der Waals surface area contributed by atoms with Crippen molar-refractivity contribution in [2.45, 2.75) is 13.0 Å². The molecule has 0 radical (unpaired) electrons. The van der Waals surface area contributed by atoms with Gasteiger partial charge in [0.2, 0.25) is 5.95 Å². The van der Waals surface area contributed by atoms with Crippen LogP contribution in [-0.2, 0) is 0 Å². The summed E-state index contributed by atoms with van der Waals surface area (Å²) in [5.74, 6) is 1.66. The van der Waals surface area contributed by atoms with E-state index in [0.717, 1.165) is 23.0 Å². The topological polar surface area (TPSA) is 52.0 Å². The highest BCUT2D eigenvalue weighted by molar-refractivity contribution is 5.84. The van der Waals surface area contributed by atoms with Crippen LogP contribution < -0.4 is 10.1 Å². The molecule has 0 saturated heterocycles. The molecule has 0 spiro atoms. The van der Waals surface area contributed by atoms with Crippen molar-refractivity contribution in [3.05, 3.63) is 77.1 Å². The lowest BCUT2D eigenvalue weighted by Crippen LogP contribution is -2.30. The number of hydrogen-bond donors (Lipinski definition) is 1. The summed E-state index contributed by atoms with van der Waals surface area (Å²) in [4.78, 5) is 4.38. The molecule has 1 atom stereocenters. The molecular weight excluding hydrogens is 300 g/mol. The molecule has 5 heteroatoms. The molecule has 2 aliphatic heterocycles. The zero-order valence-corrected chi connectivity index (χ0v) is 13.2. The predicted molar refractivity (Wildman–Crippen MR) is 91.8 cm³/mol. The number of anilines is 1. The first-order valence-electron chi connectivity index (χ1n) is 7.99. The number of nitrogens with one attached hydrogen (secondary N) is 1. The maximum absolute atomic E-state index is 6.00. The number of benzene rings is 2. The predicted octanol–water partition coefficient (Wildman–Crippen LogP) is 3.41. The van der Waals surface area contributed by atoms with E-state index in [1.165, 1.54) is 16.7 Å². The van der Waals surface area contributed by atoms with Crippen LogP contribution in [0.25, 0.3) is 5.70 Å². The standard InChI is InChI=1S/C19H16N4O/c1-12-6-8-13(9-7-12)18-15-10-24-16-5-3-2-4-14(16)17(15)22-19-20-11-21-23(18)19/h2-9,11,18H,10H2,1H3,(H,20,21,22)/t18-/m0/s1. The average Bonchev–Trinajstić information content (AvgIpc) is 3.09. The summed E-state index contributed by atoms with van der Waals surface area (Å²) in [5.41, 5.74) is 5.76. The van der Waals surface area contributed by atoms with E-state index in [1.54, 1.807) is 6.33 Å². The van der Waals surface area contributed by atoms with Crippen LogP contribution in [0.4, 0.5) is 5.95 Å². The molecule has 2 aliphatic rings. The van der Waals surface area contributed by atoms with Gasteiger partial charge in [-0.15, -0.1) is 0 Å². The van der Waals surface area contributed by atoms with Crippen molar-refractivity contribution >= 4 is 11.6 Å². The molecule has 5 rings (SSSR count). The lowest BCUT2D eigenvalue weighted by Gasteiger charge is -2.34. The van der Waals surface area contributed by atoms with Gasteiger partial charge in [0.1, 0.15) is 24.7 Å². The fraction of sp³-hybridized carbons (Fsp3) is 0.158. The highest BCUT2D eigenvalue weighted by Gasteiger charge is 2.34. The van der Waals surface area contributed by atoms with Gasteiger partial charge in [-0.3, -0.25) is 0 Å². The fourth-order valence-corrected chi connectivity index (χ4v) is 3.44. The molecule has 2 aromatic carbocycles. The number of aromatic nitrogens is 3. The van der Waals surface area contributed by atoms with Gasteiger partial charge >= 0.3 is 0 Å². The van der Waals surface area contributed by atoms with E-state index in [0.29, 0.717) is 6.61 Å². The Morgan fingerprint density at radius 1 is 1.12 bits per heavy atom. The molecule has 118 valence electrons. The Labute approximate surface area is 139 Å². The van der Waals surface area contributed by atoms with E-state index in [1.807, 2.05) is 22.9 Å². The number of fused-ring (bicyclic) bond motifs is 3. The number of rotatable bonds is 1. The molecule has 5 nitrogen and oxygen atoms in total. The van der Waals surface area contributed by atoms with Gasteiger partial charge in [-0.2, -0.15) is 10.1 Å². The molecule has 1 N–H and O–H groups in total. The maximum Gasteiger partial charge on any atom is 0.226 e. The van der Waals surface area contributed by atoms with Crippen molar-refractivity contribution in [3.63, 3.8) is 0 Å². The van der Waals surface area contributed by atoms with Gasteiger partial charge in [-0.25, -0.2) is 4.68 Å². The van der Waals surface area contributed by atoms with Crippen LogP contribution in [0.1, 0.15) is 22.7 Å². The Balaban J connectivity index is 1.73. The first-order valence-corrected chi connectivity index (χ1v) is 7.99. The van der Waals surface area contributed by atoms with Gasteiger partial charge in [0.05, 0.1) is 5.70 Å². The minimum Gasteiger partial charge on any atom is -0.488 e. The van der Waals surface area contributed by atoms with E-state index >= 15 is 0 Å². The molecule has 0 unspecified atom stereocenters. The van der Waals surface area contributed by atoms with Crippen molar-refractivity contribution in [3.8, 4) is 5.75 Å². The van der Waals surface area contributed by atoms with Crippen LogP contribution >= 0.6 is 0 Å². The van der Waals surface area contributed by atoms with Crippen molar-refractivity contribution in [1.29, 1.82) is 0 Å². The van der Waals surface area contributed by atoms with E-state index in [9.17, 15) is 0 Å². The van der Waals surface area contributed by atoms with Gasteiger partial charge in [-0.1, -0.05) is 42.0 Å². The summed E-state index contributed by atoms with van der Waals surface area (Å²) in [6, 6.07) is 16.7. The van der Waals surface area contributed by atoms with Crippen molar-refractivity contribution in [1.82, 2.24) is 14.8 Å². The molecule has 0 fully saturated rings. The second-order valence-corrected chi connectivity index (χ2v) is 6.15. The third-order valence-corrected chi connectivity index (χ3v) is 4.64. The molecule has 3 heterocycles. The fourth-order valence-electron chi connectivity index (χ4n) is 3.44. The summed E-state index contributed by atoms with van der Waals surface area (Å²) in [5, 5.41) is 7.87. The minimum atomic E-state index is -0.00675. The summed E-state index contributed by atoms with van der Waals surface area (Å²) in [6.07, 6.45) is 1.59. The third-order valence-electron chi connectivity index (χ3n) is 4.64. The van der Waals surface area contributed by atoms with Crippen molar-refractivity contribution in [2.24, 2.45) is 0 Å². The van der Waals surface area contributed by atoms with E-state index in [-0.39, 0.29) is 6.04 Å². The molecule has 0 bridgehead atoms. The number of hydrogen-bond acceptors (Lipinski definition) is 4. The lowest BCUT2D eigenvalue weighted by molar-refractivity contribution is 0.328. The zero-order chi connectivity index (χ0) is 16.1. The van der Waals surface area contributed by atoms with Crippen LogP contribution in [0.3, 0.4) is 0 Å². The van der Waals surface area contributed by atoms with Gasteiger partial charge in [0.15, 0.2) is 0 Å². The Kier molecular flexibility index (Phi) is 2.76. The lowest BCUT2D eigenvalue weighted by atomic mass is 9.91. The van der Waals surface area contributed by atoms with Crippen LogP contribution in [0.2, 0.25) is 0 Å². The number of ether oxygens (including phenoxy) is 1. The van der Waals surface area contributed by atoms with Crippen LogP contribution in [-0.4, -0.2) is 21.4 Å².